The molecular weight excluding hydrogens is 266 g/mol. The topological polar surface area (TPSA) is 74.7 Å². The van der Waals surface area contributed by atoms with Gasteiger partial charge in [0.05, 0.1) is 10.5 Å². The highest BCUT2D eigenvalue weighted by atomic mass is 32.2. The number of carbonyl (C=O) groups is 1. The van der Waals surface area contributed by atoms with Crippen molar-refractivity contribution in [2.24, 2.45) is 0 Å². The van der Waals surface area contributed by atoms with E-state index < -0.39 is 16.0 Å². The van der Waals surface area contributed by atoms with Gasteiger partial charge in [0.15, 0.2) is 0 Å². The summed E-state index contributed by atoms with van der Waals surface area (Å²) in [6.07, 6.45) is 1.69. The fourth-order valence-corrected chi connectivity index (χ4v) is 4.35. The molecule has 1 saturated heterocycles. The van der Waals surface area contributed by atoms with Crippen LogP contribution in [0.3, 0.4) is 0 Å². The summed E-state index contributed by atoms with van der Waals surface area (Å²) in [5.41, 5.74) is 0.570. The Kier molecular flexibility index (Phi) is 3.64. The lowest BCUT2D eigenvalue weighted by atomic mass is 10.1. The minimum atomic E-state index is -3.60. The molecule has 0 saturated carbocycles. The molecule has 0 amide bonds. The second-order valence-electron chi connectivity index (χ2n) is 4.89. The van der Waals surface area contributed by atoms with Crippen LogP contribution in [0.2, 0.25) is 0 Å². The van der Waals surface area contributed by atoms with Gasteiger partial charge in [0.2, 0.25) is 10.0 Å². The minimum Gasteiger partial charge on any atom is -0.478 e. The summed E-state index contributed by atoms with van der Waals surface area (Å²) < 4.78 is 26.6. The van der Waals surface area contributed by atoms with E-state index in [2.05, 4.69) is 0 Å². The van der Waals surface area contributed by atoms with Gasteiger partial charge in [-0.1, -0.05) is 6.07 Å². The molecule has 5 nitrogen and oxygen atoms in total. The summed E-state index contributed by atoms with van der Waals surface area (Å²) in [5, 5.41) is 8.97. The predicted molar refractivity (Wildman–Crippen MR) is 70.7 cm³/mol. The number of nitrogens with zero attached hydrogens (tertiary/aromatic N) is 1. The van der Waals surface area contributed by atoms with Crippen LogP contribution in [0.1, 0.15) is 35.7 Å². The second kappa shape index (κ2) is 4.94. The summed E-state index contributed by atoms with van der Waals surface area (Å²) in [4.78, 5) is 11.1. The first-order chi connectivity index (χ1) is 8.84. The zero-order chi connectivity index (χ0) is 14.2. The third-order valence-corrected chi connectivity index (χ3v) is 5.67. The molecule has 2 rings (SSSR count). The van der Waals surface area contributed by atoms with Gasteiger partial charge in [0.1, 0.15) is 0 Å². The minimum absolute atomic E-state index is 0.00368. The third-order valence-electron chi connectivity index (χ3n) is 3.51. The lowest BCUT2D eigenvalue weighted by Gasteiger charge is -2.22. The normalized spacial score (nSPS) is 20.6. The van der Waals surface area contributed by atoms with E-state index in [0.717, 1.165) is 12.8 Å². The van der Waals surface area contributed by atoms with Crippen LogP contribution < -0.4 is 0 Å². The number of aromatic carboxylic acids is 1. The van der Waals surface area contributed by atoms with Crippen molar-refractivity contribution in [2.45, 2.75) is 37.6 Å². The Bertz CT molecular complexity index is 609. The number of carboxylic acids is 1. The zero-order valence-electron chi connectivity index (χ0n) is 11.0. The Hall–Kier alpha value is -1.40. The molecule has 1 aliphatic heterocycles. The van der Waals surface area contributed by atoms with Gasteiger partial charge in [0.25, 0.3) is 0 Å². The maximum absolute atomic E-state index is 12.6. The maximum Gasteiger partial charge on any atom is 0.335 e. The van der Waals surface area contributed by atoms with Crippen LogP contribution in [0.4, 0.5) is 0 Å². The average Bonchev–Trinajstić information content (AvgIpc) is 2.76. The molecule has 1 aliphatic rings. The molecule has 19 heavy (non-hydrogen) atoms. The summed E-state index contributed by atoms with van der Waals surface area (Å²) in [7, 11) is -3.60. The summed E-state index contributed by atoms with van der Waals surface area (Å²) in [5.74, 6) is -1.12. The van der Waals surface area contributed by atoms with Crippen LogP contribution in [-0.4, -0.2) is 36.4 Å². The molecule has 1 aromatic rings. The Morgan fingerprint density at radius 2 is 2.11 bits per heavy atom. The number of aryl methyl sites for hydroxylation is 1. The first-order valence-electron chi connectivity index (χ1n) is 6.20. The van der Waals surface area contributed by atoms with E-state index in [9.17, 15) is 13.2 Å². The lowest BCUT2D eigenvalue weighted by molar-refractivity contribution is 0.0696. The molecule has 0 bridgehead atoms. The van der Waals surface area contributed by atoms with Gasteiger partial charge in [-0.2, -0.15) is 4.31 Å². The van der Waals surface area contributed by atoms with Crippen molar-refractivity contribution in [1.29, 1.82) is 0 Å². The Labute approximate surface area is 112 Å². The molecule has 6 heteroatoms. The van der Waals surface area contributed by atoms with Crippen LogP contribution in [0.15, 0.2) is 23.1 Å². The quantitative estimate of drug-likeness (QED) is 0.919. The SMILES string of the molecule is Cc1ccc(C(=O)O)cc1S(=O)(=O)N1CCCC1C. The van der Waals surface area contributed by atoms with Crippen molar-refractivity contribution >= 4 is 16.0 Å². The fourth-order valence-electron chi connectivity index (χ4n) is 2.40. The molecule has 0 aliphatic carbocycles. The van der Waals surface area contributed by atoms with E-state index in [0.29, 0.717) is 12.1 Å². The highest BCUT2D eigenvalue weighted by molar-refractivity contribution is 7.89. The zero-order valence-corrected chi connectivity index (χ0v) is 11.8. The first kappa shape index (κ1) is 14.0. The number of sulfonamides is 1. The van der Waals surface area contributed by atoms with Crippen molar-refractivity contribution in [1.82, 2.24) is 4.31 Å². The van der Waals surface area contributed by atoms with E-state index in [-0.39, 0.29) is 16.5 Å². The molecule has 1 heterocycles. The monoisotopic (exact) mass is 283 g/mol. The molecule has 1 N–H and O–H groups in total. The standard InChI is InChI=1S/C13H17NO4S/c1-9-5-6-11(13(15)16)8-12(9)19(17,18)14-7-3-4-10(14)2/h5-6,8,10H,3-4,7H2,1-2H3,(H,15,16). The lowest BCUT2D eigenvalue weighted by Crippen LogP contribution is -2.34. The highest BCUT2D eigenvalue weighted by Crippen LogP contribution is 2.28. The summed E-state index contributed by atoms with van der Waals surface area (Å²) in [6.45, 7) is 4.06. The maximum atomic E-state index is 12.6. The Morgan fingerprint density at radius 1 is 1.42 bits per heavy atom. The van der Waals surface area contributed by atoms with Gasteiger partial charge in [-0.05, 0) is 44.4 Å². The molecule has 0 radical (unpaired) electrons. The largest absolute Gasteiger partial charge is 0.478 e. The van der Waals surface area contributed by atoms with E-state index >= 15 is 0 Å². The van der Waals surface area contributed by atoms with Gasteiger partial charge in [0, 0.05) is 12.6 Å². The van der Waals surface area contributed by atoms with Gasteiger partial charge in [-0.15, -0.1) is 0 Å². The van der Waals surface area contributed by atoms with Gasteiger partial charge < -0.3 is 5.11 Å². The van der Waals surface area contributed by atoms with E-state index in [4.69, 9.17) is 5.11 Å². The highest BCUT2D eigenvalue weighted by Gasteiger charge is 2.33. The van der Waals surface area contributed by atoms with E-state index in [1.807, 2.05) is 6.92 Å². The third kappa shape index (κ3) is 2.50. The molecule has 104 valence electrons. The molecule has 1 unspecified atom stereocenters. The predicted octanol–water partition coefficient (Wildman–Crippen LogP) is 1.87. The van der Waals surface area contributed by atoms with Crippen molar-refractivity contribution in [3.8, 4) is 0 Å². The fraction of sp³-hybridized carbons (Fsp3) is 0.462. The second-order valence-corrected chi connectivity index (χ2v) is 6.75. The molecule has 0 aromatic heterocycles. The number of rotatable bonds is 3. The number of benzene rings is 1. The number of hydrogen-bond donors (Lipinski definition) is 1. The Balaban J connectivity index is 2.51. The summed E-state index contributed by atoms with van der Waals surface area (Å²) in [6, 6.07) is 4.18. The van der Waals surface area contributed by atoms with Crippen LogP contribution in [0, 0.1) is 6.92 Å². The average molecular weight is 283 g/mol. The van der Waals surface area contributed by atoms with Crippen LogP contribution in [0.5, 0.6) is 0 Å². The molecular formula is C13H17NO4S. The van der Waals surface area contributed by atoms with E-state index in [1.54, 1.807) is 6.92 Å². The van der Waals surface area contributed by atoms with Crippen molar-refractivity contribution in [3.05, 3.63) is 29.3 Å². The van der Waals surface area contributed by atoms with Crippen molar-refractivity contribution in [2.75, 3.05) is 6.54 Å². The van der Waals surface area contributed by atoms with Gasteiger partial charge >= 0.3 is 5.97 Å². The van der Waals surface area contributed by atoms with Crippen molar-refractivity contribution < 1.29 is 18.3 Å². The van der Waals surface area contributed by atoms with Crippen LogP contribution >= 0.6 is 0 Å². The number of hydrogen-bond acceptors (Lipinski definition) is 3. The van der Waals surface area contributed by atoms with Crippen LogP contribution in [0.25, 0.3) is 0 Å². The summed E-state index contributed by atoms with van der Waals surface area (Å²) >= 11 is 0. The van der Waals surface area contributed by atoms with Gasteiger partial charge in [-0.25, -0.2) is 13.2 Å². The smallest absolute Gasteiger partial charge is 0.335 e. The molecule has 1 atom stereocenters. The molecule has 1 aromatic carbocycles. The van der Waals surface area contributed by atoms with Crippen molar-refractivity contribution in [3.63, 3.8) is 0 Å². The molecule has 0 spiro atoms. The number of carboxylic acid groups (broad SMARTS) is 1. The molecule has 1 fully saturated rings. The van der Waals surface area contributed by atoms with Gasteiger partial charge in [-0.3, -0.25) is 0 Å². The Morgan fingerprint density at radius 3 is 2.63 bits per heavy atom. The first-order valence-corrected chi connectivity index (χ1v) is 7.64. The van der Waals surface area contributed by atoms with E-state index in [1.165, 1.54) is 22.5 Å². The van der Waals surface area contributed by atoms with Crippen LogP contribution in [-0.2, 0) is 10.0 Å².